The third-order valence-electron chi connectivity index (χ3n) is 7.12. The summed E-state index contributed by atoms with van der Waals surface area (Å²) >= 11 is 0. The Bertz CT molecular complexity index is 1670. The molecule has 0 aliphatic heterocycles. The first-order chi connectivity index (χ1) is 19.4. The van der Waals surface area contributed by atoms with Crippen LogP contribution < -0.4 is 10.6 Å². The van der Waals surface area contributed by atoms with E-state index >= 15 is 0 Å². The molecule has 7 heteroatoms. The van der Waals surface area contributed by atoms with Crippen molar-refractivity contribution >= 4 is 34.4 Å². The van der Waals surface area contributed by atoms with Gasteiger partial charge in [-0.2, -0.15) is 0 Å². The van der Waals surface area contributed by atoms with Gasteiger partial charge in [0.1, 0.15) is 5.82 Å². The van der Waals surface area contributed by atoms with Crippen LogP contribution in [-0.4, -0.2) is 26.7 Å². The summed E-state index contributed by atoms with van der Waals surface area (Å²) in [4.78, 5) is 30.8. The van der Waals surface area contributed by atoms with Gasteiger partial charge in [0.15, 0.2) is 0 Å². The van der Waals surface area contributed by atoms with Crippen molar-refractivity contribution in [3.8, 4) is 11.1 Å². The topological polar surface area (TPSA) is 101 Å². The minimum Gasteiger partial charge on any atom is -0.478 e. The van der Waals surface area contributed by atoms with Gasteiger partial charge in [-0.3, -0.25) is 4.90 Å². The zero-order valence-electron chi connectivity index (χ0n) is 22.7. The standard InChI is InChI=1S/C33H32N4O3/c1-3-4-14-30-35-31-22(2)19-26(37(33(34)40)25-10-6-5-7-11-25)20-29(31)36(30)21-23-15-17-24(18-16-23)27-12-8-9-13-28(27)32(38)39/h5-13,15-20H,3-4,14,21H2,1-2H3,(H2,34,40)(H,38,39). The molecule has 0 fully saturated rings. The molecule has 5 aromatic rings. The molecule has 0 spiro atoms. The normalized spacial score (nSPS) is 11.1. The van der Waals surface area contributed by atoms with Gasteiger partial charge < -0.3 is 15.4 Å². The number of nitrogens with zero attached hydrogens (tertiary/aromatic N) is 3. The zero-order chi connectivity index (χ0) is 28.2. The van der Waals surface area contributed by atoms with Gasteiger partial charge >= 0.3 is 12.0 Å². The van der Waals surface area contributed by atoms with E-state index in [4.69, 9.17) is 10.7 Å². The second-order valence-electron chi connectivity index (χ2n) is 9.90. The highest BCUT2D eigenvalue weighted by Crippen LogP contribution is 2.32. The molecule has 0 radical (unpaired) electrons. The number of amides is 2. The average Bonchev–Trinajstić information content (AvgIpc) is 3.30. The molecule has 3 N–H and O–H groups in total. The highest BCUT2D eigenvalue weighted by atomic mass is 16.4. The van der Waals surface area contributed by atoms with Crippen LogP contribution in [0, 0.1) is 6.92 Å². The number of aromatic carboxylic acids is 1. The van der Waals surface area contributed by atoms with Crippen molar-refractivity contribution < 1.29 is 14.7 Å². The van der Waals surface area contributed by atoms with Gasteiger partial charge in [-0.1, -0.05) is 74.0 Å². The molecule has 1 heterocycles. The van der Waals surface area contributed by atoms with Crippen LogP contribution in [0.2, 0.25) is 0 Å². The lowest BCUT2D eigenvalue weighted by molar-refractivity contribution is 0.0697. The SMILES string of the molecule is CCCCc1nc2c(C)cc(N(C(N)=O)c3ccccc3)cc2n1Cc1ccc(-c2ccccc2C(=O)O)cc1. The predicted molar refractivity (Wildman–Crippen MR) is 159 cm³/mol. The lowest BCUT2D eigenvalue weighted by atomic mass is 9.98. The summed E-state index contributed by atoms with van der Waals surface area (Å²) in [6.07, 6.45) is 2.90. The maximum Gasteiger partial charge on any atom is 0.336 e. The van der Waals surface area contributed by atoms with Gasteiger partial charge in [-0.25, -0.2) is 14.6 Å². The zero-order valence-corrected chi connectivity index (χ0v) is 22.7. The van der Waals surface area contributed by atoms with E-state index in [0.29, 0.717) is 23.5 Å². The summed E-state index contributed by atoms with van der Waals surface area (Å²) in [5.74, 6) is 0.0412. The third kappa shape index (κ3) is 5.31. The minimum atomic E-state index is -0.947. The molecule has 1 aromatic heterocycles. The number of benzene rings is 4. The van der Waals surface area contributed by atoms with Crippen molar-refractivity contribution in [3.63, 3.8) is 0 Å². The van der Waals surface area contributed by atoms with Crippen molar-refractivity contribution in [1.29, 1.82) is 0 Å². The number of para-hydroxylation sites is 1. The second-order valence-corrected chi connectivity index (χ2v) is 9.90. The molecule has 4 aromatic carbocycles. The number of imidazole rings is 1. The van der Waals surface area contributed by atoms with E-state index in [1.165, 1.54) is 4.90 Å². The first-order valence-electron chi connectivity index (χ1n) is 13.4. The van der Waals surface area contributed by atoms with Crippen LogP contribution in [0.1, 0.15) is 47.1 Å². The molecule has 5 rings (SSSR count). The number of anilines is 2. The highest BCUT2D eigenvalue weighted by Gasteiger charge is 2.20. The minimum absolute atomic E-state index is 0.276. The molecule has 40 heavy (non-hydrogen) atoms. The predicted octanol–water partition coefficient (Wildman–Crippen LogP) is 7.32. The Balaban J connectivity index is 1.57. The Morgan fingerprint density at radius 2 is 1.62 bits per heavy atom. The van der Waals surface area contributed by atoms with Gasteiger partial charge in [-0.05, 0) is 65.9 Å². The van der Waals surface area contributed by atoms with E-state index in [0.717, 1.165) is 52.8 Å². The van der Waals surface area contributed by atoms with Crippen molar-refractivity contribution in [3.05, 3.63) is 114 Å². The highest BCUT2D eigenvalue weighted by molar-refractivity contribution is 6.00. The fraction of sp³-hybridized carbons (Fsp3) is 0.182. The molecule has 7 nitrogen and oxygen atoms in total. The summed E-state index contributed by atoms with van der Waals surface area (Å²) < 4.78 is 2.21. The Kier molecular flexibility index (Phi) is 7.64. The van der Waals surface area contributed by atoms with E-state index < -0.39 is 12.0 Å². The molecular weight excluding hydrogens is 500 g/mol. The smallest absolute Gasteiger partial charge is 0.336 e. The van der Waals surface area contributed by atoms with Crippen LogP contribution in [0.4, 0.5) is 16.2 Å². The van der Waals surface area contributed by atoms with E-state index in [1.807, 2.05) is 85.8 Å². The summed E-state index contributed by atoms with van der Waals surface area (Å²) in [5, 5.41) is 9.60. The maximum atomic E-state index is 12.6. The van der Waals surface area contributed by atoms with Crippen LogP contribution in [0.5, 0.6) is 0 Å². The van der Waals surface area contributed by atoms with Crippen molar-refractivity contribution in [2.24, 2.45) is 5.73 Å². The van der Waals surface area contributed by atoms with E-state index in [2.05, 4.69) is 11.5 Å². The number of hydrogen-bond acceptors (Lipinski definition) is 3. The number of unbranched alkanes of at least 4 members (excludes halogenated alkanes) is 1. The van der Waals surface area contributed by atoms with E-state index in [9.17, 15) is 14.7 Å². The molecule has 0 atom stereocenters. The summed E-state index contributed by atoms with van der Waals surface area (Å²) in [6.45, 7) is 4.75. The van der Waals surface area contributed by atoms with Crippen LogP contribution in [-0.2, 0) is 13.0 Å². The molecule has 0 unspecified atom stereocenters. The van der Waals surface area contributed by atoms with E-state index in [1.54, 1.807) is 12.1 Å². The molecule has 2 amide bonds. The number of primary amides is 1. The van der Waals surface area contributed by atoms with Crippen molar-refractivity contribution in [1.82, 2.24) is 9.55 Å². The Labute approximate surface area is 233 Å². The maximum absolute atomic E-state index is 12.6. The number of carbonyl (C=O) groups is 2. The molecule has 0 aliphatic rings. The fourth-order valence-electron chi connectivity index (χ4n) is 5.13. The van der Waals surface area contributed by atoms with Crippen LogP contribution in [0.25, 0.3) is 22.2 Å². The number of fused-ring (bicyclic) bond motifs is 1. The number of nitrogens with two attached hydrogens (primary N) is 1. The quantitative estimate of drug-likeness (QED) is 0.208. The lowest BCUT2D eigenvalue weighted by Gasteiger charge is -2.21. The Morgan fingerprint density at radius 3 is 2.30 bits per heavy atom. The fourth-order valence-corrected chi connectivity index (χ4v) is 5.13. The molecular formula is C33H32N4O3. The summed E-state index contributed by atoms with van der Waals surface area (Å²) in [6, 6.07) is 27.8. The van der Waals surface area contributed by atoms with Gasteiger partial charge in [0.05, 0.1) is 28.0 Å². The number of carbonyl (C=O) groups excluding carboxylic acids is 1. The average molecular weight is 533 g/mol. The Morgan fingerprint density at radius 1 is 0.925 bits per heavy atom. The number of aryl methyl sites for hydroxylation is 2. The van der Waals surface area contributed by atoms with E-state index in [-0.39, 0.29) is 5.56 Å². The third-order valence-corrected chi connectivity index (χ3v) is 7.12. The largest absolute Gasteiger partial charge is 0.478 e. The van der Waals surface area contributed by atoms with Crippen molar-refractivity contribution in [2.75, 3.05) is 4.90 Å². The van der Waals surface area contributed by atoms with Crippen LogP contribution in [0.15, 0.2) is 91.0 Å². The molecule has 0 bridgehead atoms. The van der Waals surface area contributed by atoms with Gasteiger partial charge in [0.25, 0.3) is 0 Å². The monoisotopic (exact) mass is 532 g/mol. The Hall–Kier alpha value is -4.91. The van der Waals surface area contributed by atoms with Gasteiger partial charge in [0, 0.05) is 13.0 Å². The number of carboxylic acid groups (broad SMARTS) is 1. The first kappa shape index (κ1) is 26.7. The lowest BCUT2D eigenvalue weighted by Crippen LogP contribution is -2.31. The number of urea groups is 1. The summed E-state index contributed by atoms with van der Waals surface area (Å²) in [7, 11) is 0. The first-order valence-corrected chi connectivity index (χ1v) is 13.4. The van der Waals surface area contributed by atoms with Crippen LogP contribution in [0.3, 0.4) is 0 Å². The van der Waals surface area contributed by atoms with Gasteiger partial charge in [0.2, 0.25) is 0 Å². The number of aromatic nitrogens is 2. The molecule has 0 saturated heterocycles. The van der Waals surface area contributed by atoms with Crippen LogP contribution >= 0.6 is 0 Å². The molecule has 0 aliphatic carbocycles. The van der Waals surface area contributed by atoms with Crippen molar-refractivity contribution in [2.45, 2.75) is 39.7 Å². The summed E-state index contributed by atoms with van der Waals surface area (Å²) in [5.41, 5.74) is 12.9. The number of rotatable bonds is 9. The molecule has 202 valence electrons. The molecule has 0 saturated carbocycles. The van der Waals surface area contributed by atoms with Gasteiger partial charge in [-0.15, -0.1) is 0 Å². The second kappa shape index (κ2) is 11.5. The number of carboxylic acids is 1. The number of hydrogen-bond donors (Lipinski definition) is 2.